The minimum Gasteiger partial charge on any atom is -0.480 e. The van der Waals surface area contributed by atoms with Gasteiger partial charge in [0.1, 0.15) is 18.5 Å². The number of halogens is 2. The summed E-state index contributed by atoms with van der Waals surface area (Å²) in [6.45, 7) is 1.70. The summed E-state index contributed by atoms with van der Waals surface area (Å²) in [5.74, 6) is -0.181. The summed E-state index contributed by atoms with van der Waals surface area (Å²) in [5.41, 5.74) is 7.57. The van der Waals surface area contributed by atoms with Crippen LogP contribution in [0, 0.1) is 0 Å². The fraction of sp³-hybridized carbons (Fsp3) is 0.647. The number of carboxylic acids is 1. The number of hydrogen-bond donors (Lipinski definition) is 3. The first-order chi connectivity index (χ1) is 12.5. The van der Waals surface area contributed by atoms with Gasteiger partial charge in [0.25, 0.3) is 6.43 Å². The Morgan fingerprint density at radius 1 is 1.42 bits per heavy atom. The van der Waals surface area contributed by atoms with Crippen molar-refractivity contribution in [1.29, 1.82) is 0 Å². The van der Waals surface area contributed by atoms with Gasteiger partial charge in [-0.1, -0.05) is 6.07 Å². The Kier molecular flexibility index (Phi) is 8.14. The molecule has 0 fully saturated rings. The topological polar surface area (TPSA) is 101 Å². The summed E-state index contributed by atoms with van der Waals surface area (Å²) < 4.78 is 29.3. The Morgan fingerprint density at radius 3 is 2.96 bits per heavy atom. The molecule has 4 N–H and O–H groups in total. The third-order valence-electron chi connectivity index (χ3n) is 4.21. The maximum atomic E-state index is 12.2. The molecule has 9 heteroatoms. The molecular formula is C17H26F2N4O3. The van der Waals surface area contributed by atoms with Gasteiger partial charge in [-0.15, -0.1) is 0 Å². The number of carboxylic acid groups (broad SMARTS) is 1. The van der Waals surface area contributed by atoms with Crippen LogP contribution in [0.3, 0.4) is 0 Å². The largest absolute Gasteiger partial charge is 0.480 e. The molecule has 1 aliphatic heterocycles. The number of carbonyl (C=O) groups is 1. The molecule has 0 amide bonds. The highest BCUT2D eigenvalue weighted by atomic mass is 19.3. The molecule has 0 radical (unpaired) electrons. The number of ether oxygens (including phenoxy) is 1. The number of aryl methyl sites for hydroxylation is 1. The molecule has 2 heterocycles. The zero-order valence-corrected chi connectivity index (χ0v) is 14.7. The second kappa shape index (κ2) is 10.3. The highest BCUT2D eigenvalue weighted by Crippen LogP contribution is 2.20. The van der Waals surface area contributed by atoms with Crippen LogP contribution < -0.4 is 11.1 Å². The van der Waals surface area contributed by atoms with Crippen LogP contribution in [0.25, 0.3) is 0 Å². The number of nitrogens with one attached hydrogen (secondary N) is 1. The lowest BCUT2D eigenvalue weighted by Gasteiger charge is -2.24. The van der Waals surface area contributed by atoms with Gasteiger partial charge in [0.2, 0.25) is 0 Å². The van der Waals surface area contributed by atoms with Gasteiger partial charge in [-0.2, -0.15) is 0 Å². The molecule has 26 heavy (non-hydrogen) atoms. The highest BCUT2D eigenvalue weighted by molar-refractivity contribution is 5.72. The molecule has 0 bridgehead atoms. The van der Waals surface area contributed by atoms with Crippen molar-refractivity contribution in [2.75, 3.05) is 38.2 Å². The van der Waals surface area contributed by atoms with Crippen LogP contribution >= 0.6 is 0 Å². The van der Waals surface area contributed by atoms with Crippen molar-refractivity contribution >= 4 is 11.8 Å². The zero-order chi connectivity index (χ0) is 18.9. The van der Waals surface area contributed by atoms with Crippen LogP contribution in [-0.2, 0) is 22.5 Å². The van der Waals surface area contributed by atoms with E-state index in [2.05, 4.69) is 10.3 Å². The van der Waals surface area contributed by atoms with Gasteiger partial charge in [0.15, 0.2) is 0 Å². The summed E-state index contributed by atoms with van der Waals surface area (Å²) in [6, 6.07) is 3.02. The van der Waals surface area contributed by atoms with E-state index in [-0.39, 0.29) is 13.0 Å². The lowest BCUT2D eigenvalue weighted by atomic mass is 10.1. The molecule has 0 saturated carbocycles. The minimum absolute atomic E-state index is 0.135. The van der Waals surface area contributed by atoms with Crippen molar-refractivity contribution in [1.82, 2.24) is 9.88 Å². The number of nitrogens with zero attached hydrogens (tertiary/aromatic N) is 2. The first-order valence-electron chi connectivity index (χ1n) is 8.75. The van der Waals surface area contributed by atoms with Gasteiger partial charge in [-0.25, -0.2) is 13.8 Å². The van der Waals surface area contributed by atoms with E-state index in [0.717, 1.165) is 30.9 Å². The molecule has 0 aliphatic carbocycles. The number of alkyl halides is 2. The fourth-order valence-electron chi connectivity index (χ4n) is 2.77. The lowest BCUT2D eigenvalue weighted by molar-refractivity contribution is -0.138. The maximum absolute atomic E-state index is 12.2. The molecule has 146 valence electrons. The maximum Gasteiger partial charge on any atom is 0.320 e. The molecule has 1 atom stereocenters. The molecule has 0 spiro atoms. The van der Waals surface area contributed by atoms with Crippen LogP contribution in [-0.4, -0.2) is 66.3 Å². The second-order valence-corrected chi connectivity index (χ2v) is 6.32. The first-order valence-corrected chi connectivity index (χ1v) is 8.75. The van der Waals surface area contributed by atoms with E-state index in [4.69, 9.17) is 15.6 Å². The number of aliphatic carboxylic acids is 1. The Balaban J connectivity index is 1.94. The van der Waals surface area contributed by atoms with Crippen LogP contribution in [0.4, 0.5) is 14.6 Å². The lowest BCUT2D eigenvalue weighted by Crippen LogP contribution is -2.37. The molecule has 1 aromatic heterocycles. The number of aromatic nitrogens is 1. The molecule has 0 unspecified atom stereocenters. The van der Waals surface area contributed by atoms with Gasteiger partial charge in [-0.3, -0.25) is 9.69 Å². The molecule has 7 nitrogen and oxygen atoms in total. The van der Waals surface area contributed by atoms with Crippen molar-refractivity contribution in [2.24, 2.45) is 5.73 Å². The molecule has 0 aromatic carbocycles. The van der Waals surface area contributed by atoms with E-state index in [1.54, 1.807) is 0 Å². The SMILES string of the molecule is N[C@@H](CCN(CCOCC(F)F)Cc1ccc2c(n1)NCCC2)C(=O)O. The van der Waals surface area contributed by atoms with Crippen LogP contribution in [0.1, 0.15) is 24.1 Å². The van der Waals surface area contributed by atoms with Crippen LogP contribution in [0.15, 0.2) is 12.1 Å². The molecule has 2 rings (SSSR count). The smallest absolute Gasteiger partial charge is 0.320 e. The summed E-state index contributed by atoms with van der Waals surface area (Å²) in [6.07, 6.45) is -0.173. The third-order valence-corrected chi connectivity index (χ3v) is 4.21. The predicted octanol–water partition coefficient (Wildman–Crippen LogP) is 1.33. The third kappa shape index (κ3) is 6.81. The average Bonchev–Trinajstić information content (AvgIpc) is 2.62. The van der Waals surface area contributed by atoms with Crippen LogP contribution in [0.2, 0.25) is 0 Å². The Hall–Kier alpha value is -1.84. The minimum atomic E-state index is -2.50. The molecular weight excluding hydrogens is 346 g/mol. The number of pyridine rings is 1. The van der Waals surface area contributed by atoms with Crippen LogP contribution in [0.5, 0.6) is 0 Å². The number of anilines is 1. The monoisotopic (exact) mass is 372 g/mol. The summed E-state index contributed by atoms with van der Waals surface area (Å²) in [4.78, 5) is 17.4. The van der Waals surface area contributed by atoms with E-state index in [1.807, 2.05) is 17.0 Å². The fourth-order valence-corrected chi connectivity index (χ4v) is 2.77. The number of rotatable bonds is 11. The van der Waals surface area contributed by atoms with Gasteiger partial charge >= 0.3 is 5.97 Å². The van der Waals surface area contributed by atoms with E-state index in [1.165, 1.54) is 5.56 Å². The molecule has 0 saturated heterocycles. The Bertz CT molecular complexity index is 589. The van der Waals surface area contributed by atoms with Crippen molar-refractivity contribution < 1.29 is 23.4 Å². The van der Waals surface area contributed by atoms with Crippen molar-refractivity contribution in [3.05, 3.63) is 23.4 Å². The number of nitrogens with two attached hydrogens (primary N) is 1. The van der Waals surface area contributed by atoms with Crippen molar-refractivity contribution in [2.45, 2.75) is 38.3 Å². The molecule has 1 aliphatic rings. The van der Waals surface area contributed by atoms with Gasteiger partial charge < -0.3 is 20.9 Å². The Labute approximate surface area is 151 Å². The normalized spacial score (nSPS) is 15.0. The van der Waals surface area contributed by atoms with Gasteiger partial charge in [0, 0.05) is 26.2 Å². The Morgan fingerprint density at radius 2 is 2.23 bits per heavy atom. The summed E-state index contributed by atoms with van der Waals surface area (Å²) in [7, 11) is 0. The van der Waals surface area contributed by atoms with E-state index in [0.29, 0.717) is 19.6 Å². The number of fused-ring (bicyclic) bond motifs is 1. The summed E-state index contributed by atoms with van der Waals surface area (Å²) in [5, 5.41) is 12.2. The second-order valence-electron chi connectivity index (χ2n) is 6.32. The first kappa shape index (κ1) is 20.5. The standard InChI is InChI=1S/C17H26F2N4O3/c18-15(19)11-26-9-8-23(7-5-14(20)17(24)25)10-13-4-3-12-2-1-6-21-16(12)22-13/h3-4,14-15H,1-2,5-11,20H2,(H,21,22)(H,24,25)/t14-/m0/s1. The van der Waals surface area contributed by atoms with E-state index < -0.39 is 25.0 Å². The molecule has 1 aromatic rings. The quantitative estimate of drug-likeness (QED) is 0.504. The van der Waals surface area contributed by atoms with Gasteiger partial charge in [0.05, 0.1) is 12.3 Å². The van der Waals surface area contributed by atoms with Crippen molar-refractivity contribution in [3.8, 4) is 0 Å². The highest BCUT2D eigenvalue weighted by Gasteiger charge is 2.16. The predicted molar refractivity (Wildman–Crippen MR) is 93.4 cm³/mol. The number of hydrogen-bond acceptors (Lipinski definition) is 6. The zero-order valence-electron chi connectivity index (χ0n) is 14.7. The summed E-state index contributed by atoms with van der Waals surface area (Å²) >= 11 is 0. The van der Waals surface area contributed by atoms with Crippen molar-refractivity contribution in [3.63, 3.8) is 0 Å². The van der Waals surface area contributed by atoms with Gasteiger partial charge in [-0.05, 0) is 30.9 Å². The van der Waals surface area contributed by atoms with E-state index in [9.17, 15) is 13.6 Å². The van der Waals surface area contributed by atoms with E-state index >= 15 is 0 Å². The average molecular weight is 372 g/mol.